The van der Waals surface area contributed by atoms with Crippen LogP contribution in [0.15, 0.2) is 85.3 Å². The highest BCUT2D eigenvalue weighted by atomic mass is 16.5. The Balaban J connectivity index is 0.00000268. The van der Waals surface area contributed by atoms with E-state index in [1.54, 1.807) is 24.4 Å². The lowest BCUT2D eigenvalue weighted by molar-refractivity contribution is -0.137. The van der Waals surface area contributed by atoms with E-state index >= 15 is 0 Å². The maximum atomic E-state index is 13.1. The summed E-state index contributed by atoms with van der Waals surface area (Å²) >= 11 is 0. The standard InChI is InChI=1S/C51H63N9O8.CH3NO/c1-36(37-13-10-15-39(31-37)53-33-46-57-58-49(59(46)2)44-22-23-52-35-54-44)38-14-11-16-40(32-38)68-26-9-4-3-7-24-65-27-29-67-30-28-66-25-8-5-6-19-47(61)55-43-18-12-17-41-42(43)34-60(51(41)64)45-20-21-48(62)56-50(45)63;2-1-3/h10-18,22-23,31-32,35-36,45,53H,3-9,19-21,24-30,33-34H2,1-2H3,(H,55,61)(H,56,62,63);1H,(H2,2,3). The Kier molecular flexibility index (Phi) is 21.4. The summed E-state index contributed by atoms with van der Waals surface area (Å²) in [5.74, 6) is 1.38. The van der Waals surface area contributed by atoms with Crippen LogP contribution in [-0.2, 0) is 53.5 Å². The second kappa shape index (κ2) is 28.5. The molecule has 0 bridgehead atoms. The third-order valence-electron chi connectivity index (χ3n) is 12.2. The fourth-order valence-corrected chi connectivity index (χ4v) is 8.30. The molecule has 0 saturated carbocycles. The van der Waals surface area contributed by atoms with Crippen molar-refractivity contribution in [2.24, 2.45) is 12.8 Å². The maximum Gasteiger partial charge on any atom is 0.255 e. The van der Waals surface area contributed by atoms with Gasteiger partial charge in [0.05, 0.1) is 39.6 Å². The van der Waals surface area contributed by atoms with Gasteiger partial charge in [-0.1, -0.05) is 50.1 Å². The number of nitrogens with one attached hydrogen (secondary N) is 3. The van der Waals surface area contributed by atoms with Crippen LogP contribution >= 0.6 is 0 Å². The zero-order valence-electron chi connectivity index (χ0n) is 40.7. The van der Waals surface area contributed by atoms with Gasteiger partial charge >= 0.3 is 0 Å². The van der Waals surface area contributed by atoms with Crippen LogP contribution < -0.4 is 26.4 Å². The van der Waals surface area contributed by atoms with E-state index in [1.165, 1.54) is 22.4 Å². The first-order chi connectivity index (χ1) is 34.7. The molecule has 0 spiro atoms. The number of hydrogen-bond donors (Lipinski definition) is 4. The van der Waals surface area contributed by atoms with E-state index in [0.717, 1.165) is 61.5 Å². The van der Waals surface area contributed by atoms with Crippen LogP contribution in [0.4, 0.5) is 11.4 Å². The summed E-state index contributed by atoms with van der Waals surface area (Å²) in [6.45, 7) is 7.01. The number of imide groups is 1. The number of aromatic nitrogens is 5. The lowest BCUT2D eigenvalue weighted by Gasteiger charge is -2.29. The predicted octanol–water partition coefficient (Wildman–Crippen LogP) is 6.09. The van der Waals surface area contributed by atoms with Crippen molar-refractivity contribution in [3.63, 3.8) is 0 Å². The summed E-state index contributed by atoms with van der Waals surface area (Å²) in [5.41, 5.74) is 10.0. The summed E-state index contributed by atoms with van der Waals surface area (Å²) in [7, 11) is 1.94. The van der Waals surface area contributed by atoms with Crippen molar-refractivity contribution in [2.45, 2.75) is 96.2 Å². The fraction of sp³-hybridized carbons (Fsp3) is 0.442. The highest BCUT2D eigenvalue weighted by Gasteiger charge is 2.40. The number of hydrogen-bond acceptors (Lipinski definition) is 14. The number of rotatable bonds is 28. The van der Waals surface area contributed by atoms with Gasteiger partial charge in [-0.3, -0.25) is 29.3 Å². The highest BCUT2D eigenvalue weighted by Crippen LogP contribution is 2.33. The van der Waals surface area contributed by atoms with Crippen LogP contribution in [0.3, 0.4) is 0 Å². The molecule has 0 aliphatic carbocycles. The molecule has 7 rings (SSSR count). The molecule has 5 aromatic rings. The molecule has 5 N–H and O–H groups in total. The Morgan fingerprint density at radius 3 is 2.24 bits per heavy atom. The van der Waals surface area contributed by atoms with Gasteiger partial charge in [-0.05, 0) is 92.1 Å². The van der Waals surface area contributed by atoms with Gasteiger partial charge in [0.25, 0.3) is 5.91 Å². The lowest BCUT2D eigenvalue weighted by atomic mass is 9.93. The second-order valence-corrected chi connectivity index (χ2v) is 17.2. The number of ether oxygens (including phenoxy) is 4. The molecule has 1 fully saturated rings. The van der Waals surface area contributed by atoms with E-state index in [2.05, 4.69) is 91.2 Å². The van der Waals surface area contributed by atoms with E-state index in [4.69, 9.17) is 23.7 Å². The number of nitrogens with zero attached hydrogens (tertiary/aromatic N) is 6. The number of amides is 5. The summed E-state index contributed by atoms with van der Waals surface area (Å²) in [4.78, 5) is 68.1. The van der Waals surface area contributed by atoms with Gasteiger partial charge in [0.1, 0.15) is 23.8 Å². The van der Waals surface area contributed by atoms with Crippen LogP contribution in [0.5, 0.6) is 5.75 Å². The van der Waals surface area contributed by atoms with Gasteiger partial charge < -0.3 is 44.8 Å². The largest absolute Gasteiger partial charge is 0.494 e. The average molecular weight is 975 g/mol. The molecule has 3 aromatic carbocycles. The van der Waals surface area contributed by atoms with E-state index in [1.807, 2.05) is 23.7 Å². The minimum atomic E-state index is -0.700. The smallest absolute Gasteiger partial charge is 0.255 e. The number of fused-ring (bicyclic) bond motifs is 1. The highest BCUT2D eigenvalue weighted by molar-refractivity contribution is 6.06. The minimum absolute atomic E-state index is 0.129. The van der Waals surface area contributed by atoms with Gasteiger partial charge in [-0.25, -0.2) is 9.97 Å². The molecule has 71 heavy (non-hydrogen) atoms. The maximum absolute atomic E-state index is 13.1. The number of carbonyl (C=O) groups is 5. The summed E-state index contributed by atoms with van der Waals surface area (Å²) in [6.07, 6.45) is 10.8. The molecule has 2 aliphatic rings. The molecule has 5 amide bonds. The molecule has 0 radical (unpaired) electrons. The molecular formula is C52H66N10O9. The Hall–Kier alpha value is -7.09. The van der Waals surface area contributed by atoms with Crippen molar-refractivity contribution in [1.82, 2.24) is 34.9 Å². The van der Waals surface area contributed by atoms with Crippen LogP contribution in [-0.4, -0.2) is 112 Å². The van der Waals surface area contributed by atoms with Gasteiger partial charge in [-0.15, -0.1) is 10.2 Å². The number of primary amides is 1. The van der Waals surface area contributed by atoms with Crippen LogP contribution in [0, 0.1) is 0 Å². The third-order valence-corrected chi connectivity index (χ3v) is 12.2. The summed E-state index contributed by atoms with van der Waals surface area (Å²) in [6, 6.07) is 23.1. The first kappa shape index (κ1) is 53.3. The Morgan fingerprint density at radius 2 is 1.52 bits per heavy atom. The van der Waals surface area contributed by atoms with Gasteiger partial charge in [0.15, 0.2) is 11.6 Å². The number of unbranched alkanes of at least 4 members (excludes halogenated alkanes) is 5. The van der Waals surface area contributed by atoms with E-state index in [0.29, 0.717) is 88.3 Å². The monoisotopic (exact) mass is 975 g/mol. The van der Waals surface area contributed by atoms with Gasteiger partial charge in [0.2, 0.25) is 24.1 Å². The predicted molar refractivity (Wildman–Crippen MR) is 266 cm³/mol. The van der Waals surface area contributed by atoms with Gasteiger partial charge in [-0.2, -0.15) is 0 Å². The number of benzene rings is 3. The van der Waals surface area contributed by atoms with Crippen molar-refractivity contribution in [1.29, 1.82) is 0 Å². The molecule has 19 nitrogen and oxygen atoms in total. The number of anilines is 2. The van der Waals surface area contributed by atoms with Crippen molar-refractivity contribution in [3.8, 4) is 17.3 Å². The lowest BCUT2D eigenvalue weighted by Crippen LogP contribution is -2.52. The van der Waals surface area contributed by atoms with E-state index in [-0.39, 0.29) is 49.4 Å². The van der Waals surface area contributed by atoms with Crippen molar-refractivity contribution < 1.29 is 42.9 Å². The van der Waals surface area contributed by atoms with Gasteiger partial charge in [0, 0.05) is 74.3 Å². The average Bonchev–Trinajstić information content (AvgIpc) is 3.92. The number of piperidine rings is 1. The first-order valence-corrected chi connectivity index (χ1v) is 24.3. The molecule has 4 heterocycles. The molecule has 378 valence electrons. The second-order valence-electron chi connectivity index (χ2n) is 17.2. The van der Waals surface area contributed by atoms with Crippen LogP contribution in [0.1, 0.15) is 110 Å². The number of carbonyl (C=O) groups excluding carboxylic acids is 5. The normalized spacial score (nSPS) is 14.5. The molecule has 2 aliphatic heterocycles. The molecular weight excluding hydrogens is 909 g/mol. The SMILES string of the molecule is CC(c1cccc(NCc2nnc(-c3ccncn3)n2C)c1)c1cccc(OCCCCCCOCCOCCOCCCCCC(=O)Nc2cccc3c2CN(C2CCC(=O)NC2=O)C3=O)c1.NC=O. The van der Waals surface area contributed by atoms with Crippen LogP contribution in [0.2, 0.25) is 0 Å². The Morgan fingerprint density at radius 1 is 0.845 bits per heavy atom. The Labute approximate surface area is 414 Å². The quantitative estimate of drug-likeness (QED) is 0.0252. The topological polar surface area (TPSA) is 244 Å². The summed E-state index contributed by atoms with van der Waals surface area (Å²) in [5, 5.41) is 17.4. The van der Waals surface area contributed by atoms with Crippen molar-refractivity contribution in [3.05, 3.63) is 113 Å². The van der Waals surface area contributed by atoms with Crippen molar-refractivity contribution >= 4 is 41.4 Å². The third kappa shape index (κ3) is 16.2. The molecule has 1 saturated heterocycles. The zero-order chi connectivity index (χ0) is 50.2. The minimum Gasteiger partial charge on any atom is -0.494 e. The first-order valence-electron chi connectivity index (χ1n) is 24.3. The molecule has 19 heteroatoms. The fourth-order valence-electron chi connectivity index (χ4n) is 8.30. The molecule has 2 unspecified atom stereocenters. The van der Waals surface area contributed by atoms with E-state index < -0.39 is 11.9 Å². The van der Waals surface area contributed by atoms with E-state index in [9.17, 15) is 19.2 Å². The molecule has 2 atom stereocenters. The zero-order valence-corrected chi connectivity index (χ0v) is 40.7. The Bertz CT molecular complexity index is 2510. The number of nitrogens with two attached hydrogens (primary N) is 1. The van der Waals surface area contributed by atoms with Crippen molar-refractivity contribution in [2.75, 3.05) is 56.9 Å². The molecule has 2 aromatic heterocycles. The van der Waals surface area contributed by atoms with Crippen LogP contribution in [0.25, 0.3) is 11.5 Å². The summed E-state index contributed by atoms with van der Waals surface area (Å²) < 4.78 is 25.2.